The van der Waals surface area contributed by atoms with E-state index in [4.69, 9.17) is 0 Å². The summed E-state index contributed by atoms with van der Waals surface area (Å²) in [5, 5.41) is 3.44. The predicted octanol–water partition coefficient (Wildman–Crippen LogP) is 1.20. The van der Waals surface area contributed by atoms with Gasteiger partial charge in [0.25, 0.3) is 0 Å². The summed E-state index contributed by atoms with van der Waals surface area (Å²) >= 11 is 1.75. The molecule has 92 valence electrons. The minimum Gasteiger partial charge on any atom is -0.337 e. The Morgan fingerprint density at radius 2 is 2.25 bits per heavy atom. The number of hydrogen-bond acceptors (Lipinski definition) is 3. The van der Waals surface area contributed by atoms with Crippen LogP contribution in [0.1, 0.15) is 20.3 Å². The molecule has 2 heterocycles. The molecule has 4 heteroatoms. The quantitative estimate of drug-likeness (QED) is 0.807. The summed E-state index contributed by atoms with van der Waals surface area (Å²) in [6.07, 6.45) is 2.75. The Morgan fingerprint density at radius 1 is 1.50 bits per heavy atom. The highest BCUT2D eigenvalue weighted by molar-refractivity contribution is 7.98. The third-order valence-electron chi connectivity index (χ3n) is 4.18. The van der Waals surface area contributed by atoms with Gasteiger partial charge >= 0.3 is 0 Å². The molecule has 2 rings (SSSR count). The van der Waals surface area contributed by atoms with Gasteiger partial charge in [0.05, 0.1) is 0 Å². The van der Waals surface area contributed by atoms with Gasteiger partial charge in [0, 0.05) is 37.3 Å². The number of carbonyl (C=O) groups is 1. The van der Waals surface area contributed by atoms with E-state index in [0.717, 1.165) is 25.4 Å². The lowest BCUT2D eigenvalue weighted by molar-refractivity contribution is -0.134. The first-order valence-corrected chi connectivity index (χ1v) is 7.47. The second-order valence-electron chi connectivity index (χ2n) is 5.43. The molecule has 2 aliphatic rings. The molecule has 0 aliphatic carbocycles. The van der Waals surface area contributed by atoms with Crippen molar-refractivity contribution in [3.8, 4) is 0 Å². The van der Waals surface area contributed by atoms with Crippen LogP contribution in [0.15, 0.2) is 0 Å². The highest BCUT2D eigenvalue weighted by atomic mass is 32.2. The Bertz CT molecular complexity index is 280. The lowest BCUT2D eigenvalue weighted by Crippen LogP contribution is -2.47. The van der Waals surface area contributed by atoms with E-state index >= 15 is 0 Å². The van der Waals surface area contributed by atoms with Crippen molar-refractivity contribution in [2.24, 2.45) is 11.8 Å². The normalized spacial score (nSPS) is 31.8. The van der Waals surface area contributed by atoms with Crippen LogP contribution >= 0.6 is 11.8 Å². The molecular weight excluding hydrogens is 220 g/mol. The van der Waals surface area contributed by atoms with Gasteiger partial charge in [0.1, 0.15) is 0 Å². The number of nitrogens with one attached hydrogen (secondary N) is 1. The lowest BCUT2D eigenvalue weighted by Gasteiger charge is -2.35. The average molecular weight is 242 g/mol. The minimum atomic E-state index is 0.0453. The molecule has 2 saturated heterocycles. The number of fused-ring (bicyclic) bond motifs is 1. The van der Waals surface area contributed by atoms with Crippen molar-refractivity contribution in [2.75, 3.05) is 31.6 Å². The van der Waals surface area contributed by atoms with Crippen LogP contribution in [0.2, 0.25) is 0 Å². The molecule has 0 bridgehead atoms. The fourth-order valence-corrected chi connectivity index (χ4v) is 3.55. The van der Waals surface area contributed by atoms with E-state index in [2.05, 4.69) is 30.3 Å². The van der Waals surface area contributed by atoms with Gasteiger partial charge in [-0.05, 0) is 31.9 Å². The zero-order valence-electron chi connectivity index (χ0n) is 10.5. The zero-order chi connectivity index (χ0) is 11.8. The maximum absolute atomic E-state index is 12.1. The first-order valence-electron chi connectivity index (χ1n) is 6.07. The molecule has 1 N–H and O–H groups in total. The summed E-state index contributed by atoms with van der Waals surface area (Å²) in [6, 6.07) is 0. The first kappa shape index (κ1) is 12.2. The van der Waals surface area contributed by atoms with Crippen LogP contribution in [0, 0.1) is 11.8 Å². The van der Waals surface area contributed by atoms with Crippen molar-refractivity contribution in [1.29, 1.82) is 0 Å². The van der Waals surface area contributed by atoms with E-state index in [9.17, 15) is 4.79 Å². The number of rotatable bonds is 3. The van der Waals surface area contributed by atoms with Crippen molar-refractivity contribution >= 4 is 17.7 Å². The maximum Gasteiger partial charge on any atom is 0.223 e. The van der Waals surface area contributed by atoms with E-state index < -0.39 is 0 Å². The van der Waals surface area contributed by atoms with Crippen LogP contribution in [-0.2, 0) is 4.79 Å². The predicted molar refractivity (Wildman–Crippen MR) is 68.6 cm³/mol. The fourth-order valence-electron chi connectivity index (χ4n) is 3.17. The first-order chi connectivity index (χ1) is 7.57. The molecule has 2 unspecified atom stereocenters. The van der Waals surface area contributed by atoms with Crippen LogP contribution < -0.4 is 5.32 Å². The van der Waals surface area contributed by atoms with Gasteiger partial charge in [-0.25, -0.2) is 0 Å². The van der Waals surface area contributed by atoms with Crippen molar-refractivity contribution in [3.05, 3.63) is 0 Å². The van der Waals surface area contributed by atoms with Gasteiger partial charge in [-0.15, -0.1) is 0 Å². The highest BCUT2D eigenvalue weighted by Crippen LogP contribution is 2.40. The molecule has 0 radical (unpaired) electrons. The third kappa shape index (κ3) is 1.97. The van der Waals surface area contributed by atoms with Gasteiger partial charge in [-0.2, -0.15) is 11.8 Å². The molecule has 0 spiro atoms. The topological polar surface area (TPSA) is 32.3 Å². The van der Waals surface area contributed by atoms with Gasteiger partial charge in [-0.1, -0.05) is 0 Å². The van der Waals surface area contributed by atoms with Gasteiger partial charge < -0.3 is 10.2 Å². The Kier molecular flexibility index (Phi) is 3.50. The fraction of sp³-hybridized carbons (Fsp3) is 0.917. The van der Waals surface area contributed by atoms with Crippen molar-refractivity contribution < 1.29 is 4.79 Å². The minimum absolute atomic E-state index is 0.0453. The van der Waals surface area contributed by atoms with Crippen LogP contribution in [0.25, 0.3) is 0 Å². The summed E-state index contributed by atoms with van der Waals surface area (Å²) in [4.78, 5) is 14.3. The smallest absolute Gasteiger partial charge is 0.223 e. The largest absolute Gasteiger partial charge is 0.337 e. The summed E-state index contributed by atoms with van der Waals surface area (Å²) in [5.74, 6) is 2.60. The van der Waals surface area contributed by atoms with Crippen LogP contribution in [0.4, 0.5) is 0 Å². The second-order valence-corrected chi connectivity index (χ2v) is 6.41. The standard InChI is InChI=1S/C12H22N2OS/c1-12(2)10-7-13-6-9(10)8-14(12)11(15)4-5-16-3/h9-10,13H,4-8H2,1-3H3. The molecule has 2 aliphatic heterocycles. The third-order valence-corrected chi connectivity index (χ3v) is 4.79. The molecule has 0 aromatic heterocycles. The Balaban J connectivity index is 2.03. The van der Waals surface area contributed by atoms with E-state index in [0.29, 0.717) is 24.2 Å². The zero-order valence-corrected chi connectivity index (χ0v) is 11.3. The summed E-state index contributed by atoms with van der Waals surface area (Å²) in [5.41, 5.74) is 0.0453. The summed E-state index contributed by atoms with van der Waals surface area (Å²) in [6.45, 7) is 7.56. The number of thioether (sulfide) groups is 1. The second kappa shape index (κ2) is 4.57. The number of hydrogen-bond donors (Lipinski definition) is 1. The molecule has 0 saturated carbocycles. The van der Waals surface area contributed by atoms with Crippen LogP contribution in [-0.4, -0.2) is 48.0 Å². The molecule has 16 heavy (non-hydrogen) atoms. The average Bonchev–Trinajstić information content (AvgIpc) is 2.78. The van der Waals surface area contributed by atoms with E-state index in [1.165, 1.54) is 0 Å². The molecule has 3 nitrogen and oxygen atoms in total. The highest BCUT2D eigenvalue weighted by Gasteiger charge is 2.50. The van der Waals surface area contributed by atoms with E-state index in [1.54, 1.807) is 11.8 Å². The number of nitrogens with zero attached hydrogens (tertiary/aromatic N) is 1. The Labute approximate surface area is 102 Å². The summed E-state index contributed by atoms with van der Waals surface area (Å²) < 4.78 is 0. The van der Waals surface area contributed by atoms with Gasteiger partial charge in [-0.3, -0.25) is 4.79 Å². The van der Waals surface area contributed by atoms with Crippen molar-refractivity contribution in [2.45, 2.75) is 25.8 Å². The van der Waals surface area contributed by atoms with Gasteiger partial charge in [0.2, 0.25) is 5.91 Å². The summed E-state index contributed by atoms with van der Waals surface area (Å²) in [7, 11) is 0. The molecule has 2 atom stereocenters. The Hall–Kier alpha value is -0.220. The lowest BCUT2D eigenvalue weighted by atomic mass is 9.85. The van der Waals surface area contributed by atoms with E-state index in [1.807, 2.05) is 0 Å². The monoisotopic (exact) mass is 242 g/mol. The molecule has 1 amide bonds. The van der Waals surface area contributed by atoms with Crippen LogP contribution in [0.5, 0.6) is 0 Å². The number of amides is 1. The van der Waals surface area contributed by atoms with Crippen LogP contribution in [0.3, 0.4) is 0 Å². The molecule has 2 fully saturated rings. The van der Waals surface area contributed by atoms with Gasteiger partial charge in [0.15, 0.2) is 0 Å². The maximum atomic E-state index is 12.1. The number of carbonyl (C=O) groups excluding carboxylic acids is 1. The molecular formula is C12H22N2OS. The van der Waals surface area contributed by atoms with E-state index in [-0.39, 0.29) is 5.54 Å². The SMILES string of the molecule is CSCCC(=O)N1CC2CNCC2C1(C)C. The Morgan fingerprint density at radius 3 is 2.88 bits per heavy atom. The molecule has 0 aromatic rings. The molecule has 0 aromatic carbocycles. The van der Waals surface area contributed by atoms with Crippen molar-refractivity contribution in [3.63, 3.8) is 0 Å². The van der Waals surface area contributed by atoms with Crippen molar-refractivity contribution in [1.82, 2.24) is 10.2 Å². The number of likely N-dealkylation sites (tertiary alicyclic amines) is 1.